The van der Waals surface area contributed by atoms with Crippen LogP contribution in [0.25, 0.3) is 0 Å². The van der Waals surface area contributed by atoms with Crippen molar-refractivity contribution in [2.45, 2.75) is 20.8 Å². The molecule has 0 unspecified atom stereocenters. The summed E-state index contributed by atoms with van der Waals surface area (Å²) in [6.45, 7) is 7.06. The first kappa shape index (κ1) is 14.9. The maximum Gasteiger partial charge on any atom is 0.415 e. The molecule has 0 atom stereocenters. The van der Waals surface area contributed by atoms with Crippen molar-refractivity contribution in [2.24, 2.45) is 0 Å². The van der Waals surface area contributed by atoms with E-state index in [1.807, 2.05) is 20.8 Å². The first-order chi connectivity index (χ1) is 8.01. The van der Waals surface area contributed by atoms with Crippen molar-refractivity contribution < 1.29 is 9.53 Å². The molecule has 0 saturated heterocycles. The van der Waals surface area contributed by atoms with Gasteiger partial charge in [-0.3, -0.25) is 0 Å². The van der Waals surface area contributed by atoms with E-state index in [4.69, 9.17) is 4.74 Å². The number of hydrogen-bond donors (Lipinski definition) is 0. The summed E-state index contributed by atoms with van der Waals surface area (Å²) in [5, 5.41) is 0. The molecule has 0 aliphatic heterocycles. The molecule has 1 aromatic heterocycles. The van der Waals surface area contributed by atoms with E-state index in [-0.39, 0.29) is 6.09 Å². The molecule has 4 nitrogen and oxygen atoms in total. The zero-order valence-corrected chi connectivity index (χ0v) is 14.3. The highest BCUT2D eigenvalue weighted by Crippen LogP contribution is 2.27. The summed E-state index contributed by atoms with van der Waals surface area (Å²) < 4.78 is 7.11. The molecule has 1 rings (SSSR count). The molecule has 0 N–H and O–H groups in total. The molecule has 0 aliphatic rings. The molecule has 0 aliphatic carbocycles. The monoisotopic (exact) mass is 460 g/mol. The van der Waals surface area contributed by atoms with Crippen LogP contribution in [0.5, 0.6) is 5.75 Å². The Morgan fingerprint density at radius 1 is 1.41 bits per heavy atom. The van der Waals surface area contributed by atoms with Gasteiger partial charge in [-0.2, -0.15) is 0 Å². The van der Waals surface area contributed by atoms with Crippen LogP contribution in [-0.4, -0.2) is 29.1 Å². The lowest BCUT2D eigenvalue weighted by Gasteiger charge is -2.19. The van der Waals surface area contributed by atoms with E-state index >= 15 is 0 Å². The topological polar surface area (TPSA) is 42.4 Å². The fraction of sp³-hybridized carbons (Fsp3) is 0.455. The van der Waals surface area contributed by atoms with Crippen molar-refractivity contribution in [1.29, 1.82) is 0 Å². The number of nitrogens with zero attached hydrogens (tertiary/aromatic N) is 2. The predicted octanol–water partition coefficient (Wildman–Crippen LogP) is 3.44. The van der Waals surface area contributed by atoms with Crippen LogP contribution >= 0.6 is 45.2 Å². The molecular formula is C11H14I2N2O2. The van der Waals surface area contributed by atoms with Gasteiger partial charge in [0.15, 0.2) is 5.75 Å². The lowest BCUT2D eigenvalue weighted by atomic mass is 10.3. The van der Waals surface area contributed by atoms with Gasteiger partial charge in [-0.15, -0.1) is 0 Å². The number of hydrogen-bond acceptors (Lipinski definition) is 3. The second-order valence-corrected chi connectivity index (χ2v) is 5.58. The van der Waals surface area contributed by atoms with Crippen molar-refractivity contribution in [3.05, 3.63) is 19.0 Å². The van der Waals surface area contributed by atoms with Crippen LogP contribution in [0.1, 0.15) is 19.4 Å². The summed E-state index contributed by atoms with van der Waals surface area (Å²) in [6, 6.07) is 0. The Labute approximate surface area is 128 Å². The van der Waals surface area contributed by atoms with E-state index in [0.29, 0.717) is 22.5 Å². The lowest BCUT2D eigenvalue weighted by Crippen LogP contribution is -2.33. The fourth-order valence-electron chi connectivity index (χ4n) is 1.28. The molecule has 0 radical (unpaired) electrons. The van der Waals surface area contributed by atoms with Gasteiger partial charge in [0.1, 0.15) is 3.70 Å². The van der Waals surface area contributed by atoms with Gasteiger partial charge in [-0.25, -0.2) is 9.78 Å². The average Bonchev–Trinajstić information content (AvgIpc) is 2.31. The second-order valence-electron chi connectivity index (χ2n) is 3.39. The Morgan fingerprint density at radius 3 is 2.53 bits per heavy atom. The van der Waals surface area contributed by atoms with Gasteiger partial charge in [0.05, 0.1) is 0 Å². The van der Waals surface area contributed by atoms with Gasteiger partial charge >= 0.3 is 6.09 Å². The first-order valence-corrected chi connectivity index (χ1v) is 7.44. The van der Waals surface area contributed by atoms with Gasteiger partial charge in [-0.05, 0) is 66.0 Å². The zero-order chi connectivity index (χ0) is 13.0. The van der Waals surface area contributed by atoms with E-state index in [1.54, 1.807) is 11.1 Å². The van der Waals surface area contributed by atoms with Crippen LogP contribution < -0.4 is 4.74 Å². The normalized spacial score (nSPS) is 10.2. The smallest absolute Gasteiger partial charge is 0.407 e. The van der Waals surface area contributed by atoms with Crippen LogP contribution in [0.2, 0.25) is 0 Å². The molecule has 1 heterocycles. The van der Waals surface area contributed by atoms with Gasteiger partial charge < -0.3 is 9.64 Å². The van der Waals surface area contributed by atoms with Crippen LogP contribution in [0, 0.1) is 14.2 Å². The third-order valence-corrected chi connectivity index (χ3v) is 4.24. The van der Waals surface area contributed by atoms with Crippen LogP contribution in [0.15, 0.2) is 6.20 Å². The van der Waals surface area contributed by atoms with Gasteiger partial charge in [-0.1, -0.05) is 0 Å². The summed E-state index contributed by atoms with van der Waals surface area (Å²) in [4.78, 5) is 17.7. The molecule has 17 heavy (non-hydrogen) atoms. The molecule has 0 saturated carbocycles. The minimum absolute atomic E-state index is 0.320. The number of aromatic nitrogens is 1. The average molecular weight is 460 g/mol. The second kappa shape index (κ2) is 6.72. The van der Waals surface area contributed by atoms with Crippen molar-refractivity contribution in [3.8, 4) is 5.75 Å². The summed E-state index contributed by atoms with van der Waals surface area (Å²) in [5.74, 6) is 0.564. The zero-order valence-electron chi connectivity index (χ0n) is 9.96. The number of rotatable bonds is 3. The Kier molecular flexibility index (Phi) is 5.90. The van der Waals surface area contributed by atoms with Crippen LogP contribution in [0.3, 0.4) is 0 Å². The summed E-state index contributed by atoms with van der Waals surface area (Å²) in [7, 11) is 0. The SMILES string of the molecule is CCN(CC)C(=O)Oc1c(I)ncc(I)c1C. The molecule has 0 fully saturated rings. The summed E-state index contributed by atoms with van der Waals surface area (Å²) in [6.07, 6.45) is 1.45. The maximum absolute atomic E-state index is 11.9. The minimum atomic E-state index is -0.320. The Hall–Kier alpha value is -0.120. The molecule has 1 amide bonds. The highest BCUT2D eigenvalue weighted by molar-refractivity contribution is 14.1. The van der Waals surface area contributed by atoms with Crippen molar-refractivity contribution in [1.82, 2.24) is 9.88 Å². The predicted molar refractivity (Wildman–Crippen MR) is 83.4 cm³/mol. The first-order valence-electron chi connectivity index (χ1n) is 5.28. The molecule has 1 aromatic rings. The Bertz CT molecular complexity index is 420. The standard InChI is InChI=1S/C11H14I2N2O2/c1-4-15(5-2)11(16)17-9-7(3)8(12)6-14-10(9)13/h6H,4-5H2,1-3H3. The summed E-state index contributed by atoms with van der Waals surface area (Å²) >= 11 is 4.25. The fourth-order valence-corrected chi connectivity index (χ4v) is 2.32. The third-order valence-electron chi connectivity index (χ3n) is 2.39. The van der Waals surface area contributed by atoms with E-state index in [9.17, 15) is 4.79 Å². The van der Waals surface area contributed by atoms with E-state index in [1.165, 1.54) is 0 Å². The molecule has 0 bridgehead atoms. The summed E-state index contributed by atoms with van der Waals surface area (Å²) in [5.41, 5.74) is 0.950. The number of carbonyl (C=O) groups is 1. The van der Waals surface area contributed by atoms with Gasteiger partial charge in [0.2, 0.25) is 0 Å². The highest BCUT2D eigenvalue weighted by Gasteiger charge is 2.17. The lowest BCUT2D eigenvalue weighted by molar-refractivity contribution is 0.156. The third kappa shape index (κ3) is 3.67. The Balaban J connectivity index is 2.95. The van der Waals surface area contributed by atoms with Crippen molar-refractivity contribution in [3.63, 3.8) is 0 Å². The maximum atomic E-state index is 11.9. The molecule has 0 spiro atoms. The molecular weight excluding hydrogens is 446 g/mol. The number of amides is 1. The van der Waals surface area contributed by atoms with E-state index < -0.39 is 0 Å². The molecule has 6 heteroatoms. The highest BCUT2D eigenvalue weighted by atomic mass is 127. The van der Waals surface area contributed by atoms with Gasteiger partial charge in [0.25, 0.3) is 0 Å². The quantitative estimate of drug-likeness (QED) is 0.513. The number of pyridine rings is 1. The van der Waals surface area contributed by atoms with E-state index in [0.717, 1.165) is 9.13 Å². The number of halogens is 2. The van der Waals surface area contributed by atoms with Gasteiger partial charge in [0, 0.05) is 28.4 Å². The number of carbonyl (C=O) groups excluding carboxylic acids is 1. The van der Waals surface area contributed by atoms with Crippen LogP contribution in [-0.2, 0) is 0 Å². The van der Waals surface area contributed by atoms with Crippen molar-refractivity contribution >= 4 is 51.3 Å². The largest absolute Gasteiger partial charge is 0.415 e. The minimum Gasteiger partial charge on any atom is -0.407 e. The molecule has 94 valence electrons. The van der Waals surface area contributed by atoms with Crippen molar-refractivity contribution in [2.75, 3.05) is 13.1 Å². The number of ether oxygens (including phenoxy) is 1. The van der Waals surface area contributed by atoms with E-state index in [2.05, 4.69) is 50.2 Å². The molecule has 0 aromatic carbocycles. The van der Waals surface area contributed by atoms with Crippen LogP contribution in [0.4, 0.5) is 4.79 Å². The Morgan fingerprint density at radius 2 is 2.00 bits per heavy atom.